The Kier molecular flexibility index (Phi) is 5.74. The lowest BCUT2D eigenvalue weighted by Crippen LogP contribution is -2.39. The van der Waals surface area contributed by atoms with Gasteiger partial charge < -0.3 is 20.8 Å². The van der Waals surface area contributed by atoms with Crippen LogP contribution < -0.4 is 10.6 Å². The molecule has 4 N–H and O–H groups in total. The van der Waals surface area contributed by atoms with Gasteiger partial charge in [-0.3, -0.25) is 4.98 Å². The SMILES string of the molecule is CC(NC(=O)NCCC(O)C(=O)O)c1ccccn1. The van der Waals surface area contributed by atoms with Crippen LogP contribution in [0.5, 0.6) is 0 Å². The summed E-state index contributed by atoms with van der Waals surface area (Å²) >= 11 is 0. The van der Waals surface area contributed by atoms with Crippen molar-refractivity contribution in [3.8, 4) is 0 Å². The van der Waals surface area contributed by atoms with Crippen LogP contribution in [-0.2, 0) is 4.79 Å². The number of aliphatic hydroxyl groups excluding tert-OH is 1. The molecule has 7 heteroatoms. The number of hydrogen-bond donors (Lipinski definition) is 4. The van der Waals surface area contributed by atoms with E-state index in [4.69, 9.17) is 10.2 Å². The van der Waals surface area contributed by atoms with E-state index in [1.165, 1.54) is 0 Å². The molecule has 7 nitrogen and oxygen atoms in total. The number of aromatic nitrogens is 1. The lowest BCUT2D eigenvalue weighted by Gasteiger charge is -2.14. The molecule has 1 heterocycles. The van der Waals surface area contributed by atoms with Gasteiger partial charge in [0.15, 0.2) is 6.10 Å². The molecule has 2 amide bonds. The van der Waals surface area contributed by atoms with Gasteiger partial charge >= 0.3 is 12.0 Å². The second kappa shape index (κ2) is 7.32. The average molecular weight is 267 g/mol. The average Bonchev–Trinajstić information content (AvgIpc) is 2.39. The van der Waals surface area contributed by atoms with Crippen molar-refractivity contribution < 1.29 is 19.8 Å². The molecule has 0 fully saturated rings. The zero-order valence-electron chi connectivity index (χ0n) is 10.5. The summed E-state index contributed by atoms with van der Waals surface area (Å²) in [6, 6.07) is 4.70. The molecule has 0 aliphatic heterocycles. The lowest BCUT2D eigenvalue weighted by atomic mass is 10.2. The van der Waals surface area contributed by atoms with Gasteiger partial charge in [0, 0.05) is 19.2 Å². The van der Waals surface area contributed by atoms with Gasteiger partial charge in [0.1, 0.15) is 0 Å². The predicted molar refractivity (Wildman–Crippen MR) is 67.4 cm³/mol. The number of nitrogens with zero attached hydrogens (tertiary/aromatic N) is 1. The van der Waals surface area contributed by atoms with E-state index in [0.717, 1.165) is 5.69 Å². The number of aliphatic carboxylic acids is 1. The van der Waals surface area contributed by atoms with Gasteiger partial charge in [0.05, 0.1) is 11.7 Å². The van der Waals surface area contributed by atoms with Crippen LogP contribution in [0.3, 0.4) is 0 Å². The molecule has 0 radical (unpaired) electrons. The van der Waals surface area contributed by atoms with E-state index in [-0.39, 0.29) is 19.0 Å². The number of carbonyl (C=O) groups excluding carboxylic acids is 1. The number of rotatable bonds is 6. The molecule has 2 atom stereocenters. The fourth-order valence-electron chi connectivity index (χ4n) is 1.40. The Morgan fingerprint density at radius 3 is 2.74 bits per heavy atom. The quantitative estimate of drug-likeness (QED) is 0.591. The van der Waals surface area contributed by atoms with E-state index in [9.17, 15) is 9.59 Å². The number of aliphatic hydroxyl groups is 1. The molecule has 0 bridgehead atoms. The summed E-state index contributed by atoms with van der Waals surface area (Å²) in [7, 11) is 0. The molecule has 0 aliphatic carbocycles. The summed E-state index contributed by atoms with van der Waals surface area (Å²) in [6.07, 6.45) is 0.128. The Balaban J connectivity index is 2.30. The summed E-state index contributed by atoms with van der Waals surface area (Å²) in [6.45, 7) is 1.86. The van der Waals surface area contributed by atoms with Gasteiger partial charge in [-0.25, -0.2) is 9.59 Å². The fourth-order valence-corrected chi connectivity index (χ4v) is 1.40. The summed E-state index contributed by atoms with van der Waals surface area (Å²) in [5.74, 6) is -1.30. The van der Waals surface area contributed by atoms with Gasteiger partial charge in [0.25, 0.3) is 0 Å². The molecule has 1 rings (SSSR count). The second-order valence-corrected chi connectivity index (χ2v) is 4.02. The first kappa shape index (κ1) is 14.9. The third-order valence-corrected chi connectivity index (χ3v) is 2.47. The molecule has 19 heavy (non-hydrogen) atoms. The highest BCUT2D eigenvalue weighted by atomic mass is 16.4. The normalized spacial score (nSPS) is 13.4. The van der Waals surface area contributed by atoms with Crippen LogP contribution >= 0.6 is 0 Å². The number of pyridine rings is 1. The maximum Gasteiger partial charge on any atom is 0.332 e. The van der Waals surface area contributed by atoms with Crippen LogP contribution in [0, 0.1) is 0 Å². The minimum atomic E-state index is -1.46. The van der Waals surface area contributed by atoms with Gasteiger partial charge in [-0.05, 0) is 19.1 Å². The molecule has 0 saturated heterocycles. The molecule has 0 aliphatic rings. The van der Waals surface area contributed by atoms with Gasteiger partial charge in [-0.1, -0.05) is 6.07 Å². The number of carboxylic acid groups (broad SMARTS) is 1. The van der Waals surface area contributed by atoms with E-state index in [0.29, 0.717) is 0 Å². The van der Waals surface area contributed by atoms with Gasteiger partial charge in [-0.2, -0.15) is 0 Å². The van der Waals surface area contributed by atoms with Crippen LogP contribution in [0.25, 0.3) is 0 Å². The topological polar surface area (TPSA) is 112 Å². The summed E-state index contributed by atoms with van der Waals surface area (Å²) in [4.78, 5) is 26.0. The number of urea groups is 1. The van der Waals surface area contributed by atoms with Crippen molar-refractivity contribution >= 4 is 12.0 Å². The van der Waals surface area contributed by atoms with Crippen LogP contribution in [0.15, 0.2) is 24.4 Å². The number of carbonyl (C=O) groups is 2. The van der Waals surface area contributed by atoms with Crippen molar-refractivity contribution in [2.24, 2.45) is 0 Å². The first-order valence-electron chi connectivity index (χ1n) is 5.87. The minimum Gasteiger partial charge on any atom is -0.479 e. The van der Waals surface area contributed by atoms with Crippen molar-refractivity contribution in [2.45, 2.75) is 25.5 Å². The Morgan fingerprint density at radius 2 is 2.16 bits per heavy atom. The van der Waals surface area contributed by atoms with Crippen molar-refractivity contribution in [3.05, 3.63) is 30.1 Å². The molecule has 104 valence electrons. The Morgan fingerprint density at radius 1 is 1.42 bits per heavy atom. The third-order valence-electron chi connectivity index (χ3n) is 2.47. The first-order chi connectivity index (χ1) is 9.00. The largest absolute Gasteiger partial charge is 0.479 e. The summed E-state index contributed by atoms with van der Waals surface area (Å²) < 4.78 is 0. The standard InChI is InChI=1S/C12H17N3O4/c1-8(9-4-2-3-6-13-9)15-12(19)14-7-5-10(16)11(17)18/h2-4,6,8,10,16H,5,7H2,1H3,(H,17,18)(H2,14,15,19). The fraction of sp³-hybridized carbons (Fsp3) is 0.417. The Hall–Kier alpha value is -2.15. The van der Waals surface area contributed by atoms with E-state index < -0.39 is 18.1 Å². The van der Waals surface area contributed by atoms with E-state index in [2.05, 4.69) is 15.6 Å². The smallest absolute Gasteiger partial charge is 0.332 e. The van der Waals surface area contributed by atoms with Crippen LogP contribution in [0.2, 0.25) is 0 Å². The zero-order chi connectivity index (χ0) is 14.3. The molecule has 1 aromatic heterocycles. The Bertz CT molecular complexity index is 424. The molecule has 1 aromatic rings. The molecule has 2 unspecified atom stereocenters. The van der Waals surface area contributed by atoms with Crippen molar-refractivity contribution in [1.29, 1.82) is 0 Å². The number of hydrogen-bond acceptors (Lipinski definition) is 4. The minimum absolute atomic E-state index is 0.0410. The van der Waals surface area contributed by atoms with E-state index >= 15 is 0 Å². The maximum atomic E-state index is 11.5. The van der Waals surface area contributed by atoms with Crippen LogP contribution in [0.4, 0.5) is 4.79 Å². The monoisotopic (exact) mass is 267 g/mol. The number of nitrogens with one attached hydrogen (secondary N) is 2. The predicted octanol–water partition coefficient (Wildman–Crippen LogP) is 0.277. The highest BCUT2D eigenvalue weighted by Crippen LogP contribution is 2.06. The molecule has 0 saturated carbocycles. The van der Waals surface area contributed by atoms with Gasteiger partial charge in [0.2, 0.25) is 0 Å². The second-order valence-electron chi connectivity index (χ2n) is 4.02. The van der Waals surface area contributed by atoms with Gasteiger partial charge in [-0.15, -0.1) is 0 Å². The maximum absolute atomic E-state index is 11.5. The van der Waals surface area contributed by atoms with E-state index in [1.54, 1.807) is 25.3 Å². The highest BCUT2D eigenvalue weighted by Gasteiger charge is 2.14. The first-order valence-corrected chi connectivity index (χ1v) is 5.87. The molecular weight excluding hydrogens is 250 g/mol. The highest BCUT2D eigenvalue weighted by molar-refractivity contribution is 5.74. The Labute approximate surface area is 110 Å². The van der Waals surface area contributed by atoms with Crippen molar-refractivity contribution in [1.82, 2.24) is 15.6 Å². The molecule has 0 aromatic carbocycles. The third kappa shape index (κ3) is 5.35. The van der Waals surface area contributed by atoms with Crippen LogP contribution in [-0.4, -0.2) is 39.8 Å². The van der Waals surface area contributed by atoms with Crippen LogP contribution in [0.1, 0.15) is 25.1 Å². The van der Waals surface area contributed by atoms with Crippen molar-refractivity contribution in [2.75, 3.05) is 6.54 Å². The molecule has 0 spiro atoms. The van der Waals surface area contributed by atoms with E-state index in [1.807, 2.05) is 6.07 Å². The number of amides is 2. The number of carboxylic acids is 1. The zero-order valence-corrected chi connectivity index (χ0v) is 10.5. The lowest BCUT2D eigenvalue weighted by molar-refractivity contribution is -0.146. The van der Waals surface area contributed by atoms with Crippen molar-refractivity contribution in [3.63, 3.8) is 0 Å². The summed E-state index contributed by atoms with van der Waals surface area (Å²) in [5.41, 5.74) is 0.725. The summed E-state index contributed by atoms with van der Waals surface area (Å²) in [5, 5.41) is 22.6. The molecular formula is C12H17N3O4.